The van der Waals surface area contributed by atoms with Crippen LogP contribution in [0.3, 0.4) is 0 Å². The van der Waals surface area contributed by atoms with Crippen LogP contribution in [0.25, 0.3) is 0 Å². The molecule has 0 aromatic heterocycles. The molecule has 0 heterocycles. The number of hydrogen-bond acceptors (Lipinski definition) is 2. The Kier molecular flexibility index (Phi) is 2.89. The quantitative estimate of drug-likeness (QED) is 0.655. The average molecular weight is 170 g/mol. The Morgan fingerprint density at radius 3 is 2.75 bits per heavy atom. The van der Waals surface area contributed by atoms with E-state index < -0.39 is 0 Å². The first-order valence-electron chi connectivity index (χ1n) is 4.72. The van der Waals surface area contributed by atoms with Crippen LogP contribution in [0.1, 0.15) is 39.5 Å². The van der Waals surface area contributed by atoms with Gasteiger partial charge in [-0.3, -0.25) is 0 Å². The lowest BCUT2D eigenvalue weighted by molar-refractivity contribution is -0.117. The Labute approximate surface area is 74.0 Å². The van der Waals surface area contributed by atoms with E-state index in [4.69, 9.17) is 0 Å². The van der Waals surface area contributed by atoms with Crippen LogP contribution < -0.4 is 0 Å². The van der Waals surface area contributed by atoms with Gasteiger partial charge in [0.05, 0.1) is 6.10 Å². The predicted molar refractivity (Wildman–Crippen MR) is 47.8 cm³/mol. The van der Waals surface area contributed by atoms with Crippen molar-refractivity contribution in [3.8, 4) is 0 Å². The van der Waals surface area contributed by atoms with E-state index in [1.807, 2.05) is 0 Å². The van der Waals surface area contributed by atoms with Crippen molar-refractivity contribution in [2.24, 2.45) is 11.3 Å². The van der Waals surface area contributed by atoms with Crippen LogP contribution in [0.5, 0.6) is 0 Å². The molecule has 0 radical (unpaired) electrons. The summed E-state index contributed by atoms with van der Waals surface area (Å²) in [5.74, 6) is 0.647. The van der Waals surface area contributed by atoms with Crippen LogP contribution in [0.4, 0.5) is 0 Å². The fraction of sp³-hybridized carbons (Fsp3) is 0.900. The lowest BCUT2D eigenvalue weighted by Crippen LogP contribution is -2.24. The molecule has 70 valence electrons. The molecule has 0 aromatic rings. The van der Waals surface area contributed by atoms with Gasteiger partial charge in [-0.2, -0.15) is 0 Å². The van der Waals surface area contributed by atoms with Crippen molar-refractivity contribution in [3.05, 3.63) is 0 Å². The maximum Gasteiger partial charge on any atom is 0.126 e. The molecule has 12 heavy (non-hydrogen) atoms. The molecule has 3 atom stereocenters. The van der Waals surface area contributed by atoms with Gasteiger partial charge in [0.2, 0.25) is 0 Å². The van der Waals surface area contributed by atoms with E-state index in [9.17, 15) is 9.90 Å². The highest BCUT2D eigenvalue weighted by Gasteiger charge is 2.37. The number of carbonyl (C=O) groups is 1. The monoisotopic (exact) mass is 170 g/mol. The Bertz CT molecular complexity index is 165. The standard InChI is InChI=1S/C10H18O2/c1-8-3-4-10(5-8,7-11)6-9(2)12/h7-9,12H,3-6H2,1-2H3. The molecule has 0 amide bonds. The Morgan fingerprint density at radius 1 is 1.75 bits per heavy atom. The molecular formula is C10H18O2. The zero-order valence-corrected chi connectivity index (χ0v) is 7.92. The summed E-state index contributed by atoms with van der Waals surface area (Å²) in [4.78, 5) is 10.9. The normalized spacial score (nSPS) is 38.1. The van der Waals surface area contributed by atoms with Gasteiger partial charge in [0.1, 0.15) is 6.29 Å². The molecule has 0 spiro atoms. The zero-order chi connectivity index (χ0) is 9.19. The van der Waals surface area contributed by atoms with Gasteiger partial charge in [-0.25, -0.2) is 0 Å². The molecule has 1 saturated carbocycles. The van der Waals surface area contributed by atoms with Crippen molar-refractivity contribution in [1.29, 1.82) is 0 Å². The van der Waals surface area contributed by atoms with E-state index in [0.29, 0.717) is 12.3 Å². The van der Waals surface area contributed by atoms with Gasteiger partial charge in [-0.15, -0.1) is 0 Å². The summed E-state index contributed by atoms with van der Waals surface area (Å²) in [6.07, 6.45) is 4.40. The van der Waals surface area contributed by atoms with Gasteiger partial charge >= 0.3 is 0 Å². The molecule has 1 aliphatic rings. The second kappa shape index (κ2) is 3.56. The van der Waals surface area contributed by atoms with Gasteiger partial charge in [0.25, 0.3) is 0 Å². The molecule has 2 nitrogen and oxygen atoms in total. The van der Waals surface area contributed by atoms with Gasteiger partial charge in [-0.1, -0.05) is 6.92 Å². The minimum atomic E-state index is -0.347. The molecule has 2 heteroatoms. The van der Waals surface area contributed by atoms with Crippen molar-refractivity contribution in [2.45, 2.75) is 45.6 Å². The molecule has 0 aromatic carbocycles. The molecule has 3 unspecified atom stereocenters. The number of aliphatic hydroxyl groups excluding tert-OH is 1. The SMILES string of the molecule is CC(O)CC1(C=O)CCC(C)C1. The maximum absolute atomic E-state index is 10.9. The van der Waals surface area contributed by atoms with Crippen molar-refractivity contribution in [2.75, 3.05) is 0 Å². The summed E-state index contributed by atoms with van der Waals surface area (Å²) in [6, 6.07) is 0. The highest BCUT2D eigenvalue weighted by Crippen LogP contribution is 2.43. The van der Waals surface area contributed by atoms with Crippen molar-refractivity contribution < 1.29 is 9.90 Å². The second-order valence-electron chi connectivity index (χ2n) is 4.38. The van der Waals surface area contributed by atoms with Gasteiger partial charge in [0, 0.05) is 5.41 Å². The average Bonchev–Trinajstić information content (AvgIpc) is 2.32. The first-order valence-corrected chi connectivity index (χ1v) is 4.72. The molecule has 1 aliphatic carbocycles. The Morgan fingerprint density at radius 2 is 2.42 bits per heavy atom. The minimum absolute atomic E-state index is 0.201. The van der Waals surface area contributed by atoms with Crippen LogP contribution in [-0.2, 0) is 4.79 Å². The fourth-order valence-corrected chi connectivity index (χ4v) is 2.36. The highest BCUT2D eigenvalue weighted by atomic mass is 16.3. The molecular weight excluding hydrogens is 152 g/mol. The third kappa shape index (κ3) is 2.07. The van der Waals surface area contributed by atoms with Gasteiger partial charge in [-0.05, 0) is 38.5 Å². The maximum atomic E-state index is 10.9. The van der Waals surface area contributed by atoms with Crippen molar-refractivity contribution in [1.82, 2.24) is 0 Å². The van der Waals surface area contributed by atoms with E-state index in [0.717, 1.165) is 25.5 Å². The molecule has 0 bridgehead atoms. The van der Waals surface area contributed by atoms with Crippen molar-refractivity contribution >= 4 is 6.29 Å². The van der Waals surface area contributed by atoms with E-state index in [1.54, 1.807) is 6.92 Å². The number of hydrogen-bond donors (Lipinski definition) is 1. The van der Waals surface area contributed by atoms with Crippen LogP contribution in [0.15, 0.2) is 0 Å². The molecule has 0 saturated heterocycles. The second-order valence-corrected chi connectivity index (χ2v) is 4.38. The Hall–Kier alpha value is -0.370. The van der Waals surface area contributed by atoms with E-state index in [1.165, 1.54) is 0 Å². The highest BCUT2D eigenvalue weighted by molar-refractivity contribution is 5.60. The summed E-state index contributed by atoms with van der Waals surface area (Å²) in [6.45, 7) is 3.93. The fourth-order valence-electron chi connectivity index (χ4n) is 2.36. The summed E-state index contributed by atoms with van der Waals surface area (Å²) in [5, 5.41) is 9.24. The van der Waals surface area contributed by atoms with E-state index in [-0.39, 0.29) is 11.5 Å². The van der Waals surface area contributed by atoms with Crippen molar-refractivity contribution in [3.63, 3.8) is 0 Å². The first-order chi connectivity index (χ1) is 5.58. The molecule has 0 aliphatic heterocycles. The largest absolute Gasteiger partial charge is 0.393 e. The lowest BCUT2D eigenvalue weighted by atomic mass is 9.82. The summed E-state index contributed by atoms with van der Waals surface area (Å²) in [5.41, 5.74) is -0.201. The predicted octanol–water partition coefficient (Wildman–Crippen LogP) is 1.76. The zero-order valence-electron chi connectivity index (χ0n) is 7.92. The number of aldehydes is 1. The molecule has 1 fully saturated rings. The number of rotatable bonds is 3. The third-order valence-electron chi connectivity index (χ3n) is 2.84. The third-order valence-corrected chi connectivity index (χ3v) is 2.84. The van der Waals surface area contributed by atoms with Crippen LogP contribution in [0, 0.1) is 11.3 Å². The van der Waals surface area contributed by atoms with E-state index in [2.05, 4.69) is 6.92 Å². The summed E-state index contributed by atoms with van der Waals surface area (Å²) < 4.78 is 0. The lowest BCUT2D eigenvalue weighted by Gasteiger charge is -2.23. The van der Waals surface area contributed by atoms with Crippen LogP contribution >= 0.6 is 0 Å². The van der Waals surface area contributed by atoms with E-state index >= 15 is 0 Å². The van der Waals surface area contributed by atoms with Gasteiger partial charge in [0.15, 0.2) is 0 Å². The van der Waals surface area contributed by atoms with Gasteiger partial charge < -0.3 is 9.90 Å². The smallest absolute Gasteiger partial charge is 0.126 e. The molecule has 1 N–H and O–H groups in total. The topological polar surface area (TPSA) is 37.3 Å². The van der Waals surface area contributed by atoms with Crippen LogP contribution in [-0.4, -0.2) is 17.5 Å². The Balaban J connectivity index is 2.58. The number of carbonyl (C=O) groups excluding carboxylic acids is 1. The van der Waals surface area contributed by atoms with Crippen LogP contribution in [0.2, 0.25) is 0 Å². The summed E-state index contributed by atoms with van der Waals surface area (Å²) >= 11 is 0. The minimum Gasteiger partial charge on any atom is -0.393 e. The molecule has 1 rings (SSSR count). The first kappa shape index (κ1) is 9.72. The number of aliphatic hydroxyl groups is 1. The summed E-state index contributed by atoms with van der Waals surface area (Å²) in [7, 11) is 0.